The third-order valence-electron chi connectivity index (χ3n) is 3.07. The maximum Gasteiger partial charge on any atom is 0.175 e. The molecule has 2 aromatic carbocycles. The number of ether oxygens (including phenoxy) is 2. The minimum atomic E-state index is -0.328. The van der Waals surface area contributed by atoms with Crippen molar-refractivity contribution in [1.29, 1.82) is 0 Å². The fourth-order valence-electron chi connectivity index (χ4n) is 2.10. The third kappa shape index (κ3) is 3.24. The molecular weight excluding hydrogens is 361 g/mol. The lowest BCUT2D eigenvalue weighted by Gasteiger charge is -2.20. The van der Waals surface area contributed by atoms with E-state index in [0.717, 1.165) is 10.0 Å². The van der Waals surface area contributed by atoms with Crippen LogP contribution in [0.15, 0.2) is 34.8 Å². The van der Waals surface area contributed by atoms with Crippen LogP contribution in [0.1, 0.15) is 5.56 Å². The number of hydrogen-bond donors (Lipinski definition) is 1. The van der Waals surface area contributed by atoms with Crippen LogP contribution in [0.3, 0.4) is 0 Å². The highest BCUT2D eigenvalue weighted by Crippen LogP contribution is 2.38. The molecule has 0 unspecified atom stereocenters. The van der Waals surface area contributed by atoms with Crippen LogP contribution in [0.2, 0.25) is 5.02 Å². The highest BCUT2D eigenvalue weighted by atomic mass is 79.9. The van der Waals surface area contributed by atoms with Crippen LogP contribution in [0.25, 0.3) is 0 Å². The molecular formula is C15H12BrClFNO2. The SMILES string of the molecule is Fc1ccc(Cl)c(NCc2cc(Br)c3c(c2)OCCO3)c1. The van der Waals surface area contributed by atoms with Gasteiger partial charge >= 0.3 is 0 Å². The number of halogens is 3. The summed E-state index contributed by atoms with van der Waals surface area (Å²) in [4.78, 5) is 0. The van der Waals surface area contributed by atoms with Crippen molar-refractivity contribution >= 4 is 33.2 Å². The van der Waals surface area contributed by atoms with Crippen molar-refractivity contribution in [3.63, 3.8) is 0 Å². The summed E-state index contributed by atoms with van der Waals surface area (Å²) in [6, 6.07) is 8.07. The largest absolute Gasteiger partial charge is 0.486 e. The van der Waals surface area contributed by atoms with Gasteiger partial charge in [0.15, 0.2) is 11.5 Å². The summed E-state index contributed by atoms with van der Waals surface area (Å²) in [5.41, 5.74) is 1.54. The smallest absolute Gasteiger partial charge is 0.175 e. The molecule has 0 atom stereocenters. The van der Waals surface area contributed by atoms with Gasteiger partial charge < -0.3 is 14.8 Å². The van der Waals surface area contributed by atoms with Gasteiger partial charge in [0.2, 0.25) is 0 Å². The summed E-state index contributed by atoms with van der Waals surface area (Å²) in [5, 5.41) is 3.59. The van der Waals surface area contributed by atoms with E-state index in [1.54, 1.807) is 0 Å². The first-order valence-corrected chi connectivity index (χ1v) is 7.57. The number of fused-ring (bicyclic) bond motifs is 1. The van der Waals surface area contributed by atoms with E-state index >= 15 is 0 Å². The van der Waals surface area contributed by atoms with E-state index < -0.39 is 0 Å². The molecule has 3 rings (SSSR count). The molecule has 0 aromatic heterocycles. The van der Waals surface area contributed by atoms with Crippen molar-refractivity contribution < 1.29 is 13.9 Å². The Balaban J connectivity index is 1.79. The number of benzene rings is 2. The van der Waals surface area contributed by atoms with Crippen molar-refractivity contribution in [3.05, 3.63) is 51.2 Å². The molecule has 1 N–H and O–H groups in total. The molecule has 21 heavy (non-hydrogen) atoms. The minimum absolute atomic E-state index is 0.328. The quantitative estimate of drug-likeness (QED) is 0.852. The van der Waals surface area contributed by atoms with E-state index in [2.05, 4.69) is 21.2 Å². The van der Waals surface area contributed by atoms with Crippen LogP contribution >= 0.6 is 27.5 Å². The summed E-state index contributed by atoms with van der Waals surface area (Å²) in [7, 11) is 0. The van der Waals surface area contributed by atoms with Crippen molar-refractivity contribution in [3.8, 4) is 11.5 Å². The van der Waals surface area contributed by atoms with Gasteiger partial charge in [0.25, 0.3) is 0 Å². The number of nitrogens with one attached hydrogen (secondary N) is 1. The Morgan fingerprint density at radius 2 is 2.00 bits per heavy atom. The van der Waals surface area contributed by atoms with Crippen LogP contribution < -0.4 is 14.8 Å². The molecule has 0 aliphatic carbocycles. The lowest BCUT2D eigenvalue weighted by molar-refractivity contribution is 0.170. The lowest BCUT2D eigenvalue weighted by atomic mass is 10.2. The van der Waals surface area contributed by atoms with Crippen molar-refractivity contribution in [2.24, 2.45) is 0 Å². The Morgan fingerprint density at radius 3 is 2.86 bits per heavy atom. The van der Waals surface area contributed by atoms with Gasteiger partial charge in [0.1, 0.15) is 19.0 Å². The molecule has 0 radical (unpaired) electrons. The molecule has 0 saturated carbocycles. The molecule has 1 aliphatic rings. The molecule has 1 aliphatic heterocycles. The second-order valence-corrected chi connectivity index (χ2v) is 5.84. The van der Waals surface area contributed by atoms with E-state index in [0.29, 0.717) is 42.0 Å². The fraction of sp³-hybridized carbons (Fsp3) is 0.200. The van der Waals surface area contributed by atoms with Crippen molar-refractivity contribution in [2.75, 3.05) is 18.5 Å². The van der Waals surface area contributed by atoms with Crippen molar-refractivity contribution in [2.45, 2.75) is 6.54 Å². The maximum atomic E-state index is 13.2. The Morgan fingerprint density at radius 1 is 1.19 bits per heavy atom. The maximum absolute atomic E-state index is 13.2. The summed E-state index contributed by atoms with van der Waals surface area (Å²) < 4.78 is 25.2. The monoisotopic (exact) mass is 371 g/mol. The molecule has 110 valence electrons. The lowest BCUT2D eigenvalue weighted by Crippen LogP contribution is -2.16. The first-order valence-electron chi connectivity index (χ1n) is 6.40. The highest BCUT2D eigenvalue weighted by Gasteiger charge is 2.16. The average Bonchev–Trinajstić information content (AvgIpc) is 2.48. The van der Waals surface area contributed by atoms with Crippen molar-refractivity contribution in [1.82, 2.24) is 0 Å². The number of hydrogen-bond acceptors (Lipinski definition) is 3. The molecule has 0 bridgehead atoms. The van der Waals surface area contributed by atoms with Gasteiger partial charge in [-0.05, 0) is 51.8 Å². The second-order valence-electron chi connectivity index (χ2n) is 4.58. The zero-order valence-corrected chi connectivity index (χ0v) is 13.3. The average molecular weight is 373 g/mol. The molecule has 0 fully saturated rings. The summed E-state index contributed by atoms with van der Waals surface area (Å²) >= 11 is 9.49. The zero-order chi connectivity index (χ0) is 14.8. The second kappa shape index (κ2) is 6.12. The Labute approximate surface area is 135 Å². The Hall–Kier alpha value is -1.46. The van der Waals surface area contributed by atoms with Crippen LogP contribution in [0.4, 0.5) is 10.1 Å². The first kappa shape index (κ1) is 14.5. The molecule has 0 amide bonds. The number of rotatable bonds is 3. The molecule has 1 heterocycles. The normalized spacial score (nSPS) is 13.1. The zero-order valence-electron chi connectivity index (χ0n) is 11.0. The fourth-order valence-corrected chi connectivity index (χ4v) is 2.88. The predicted molar refractivity (Wildman–Crippen MR) is 83.9 cm³/mol. The Kier molecular flexibility index (Phi) is 4.22. The van der Waals surface area contributed by atoms with Gasteiger partial charge in [0, 0.05) is 6.54 Å². The van der Waals surface area contributed by atoms with Gasteiger partial charge in [0.05, 0.1) is 15.2 Å². The summed E-state index contributed by atoms with van der Waals surface area (Å²) in [6.07, 6.45) is 0. The van der Waals surface area contributed by atoms with E-state index in [1.807, 2.05) is 12.1 Å². The Bertz CT molecular complexity index is 681. The van der Waals surface area contributed by atoms with E-state index in [1.165, 1.54) is 18.2 Å². The van der Waals surface area contributed by atoms with Gasteiger partial charge in [-0.2, -0.15) is 0 Å². The van der Waals surface area contributed by atoms with E-state index in [-0.39, 0.29) is 5.82 Å². The molecule has 0 spiro atoms. The van der Waals surface area contributed by atoms with Gasteiger partial charge in [-0.1, -0.05) is 11.6 Å². The number of anilines is 1. The van der Waals surface area contributed by atoms with Gasteiger partial charge in [-0.3, -0.25) is 0 Å². The van der Waals surface area contributed by atoms with Crippen LogP contribution in [-0.2, 0) is 6.54 Å². The van der Waals surface area contributed by atoms with Crippen LogP contribution in [0.5, 0.6) is 11.5 Å². The predicted octanol–water partition coefficient (Wildman–Crippen LogP) is 4.62. The molecule has 6 heteroatoms. The minimum Gasteiger partial charge on any atom is -0.486 e. The highest BCUT2D eigenvalue weighted by molar-refractivity contribution is 9.10. The summed E-state index contributed by atoms with van der Waals surface area (Å²) in [6.45, 7) is 1.58. The van der Waals surface area contributed by atoms with E-state index in [4.69, 9.17) is 21.1 Å². The third-order valence-corrected chi connectivity index (χ3v) is 3.99. The topological polar surface area (TPSA) is 30.5 Å². The molecule has 3 nitrogen and oxygen atoms in total. The van der Waals surface area contributed by atoms with Gasteiger partial charge in [-0.15, -0.1) is 0 Å². The molecule has 2 aromatic rings. The van der Waals surface area contributed by atoms with E-state index in [9.17, 15) is 4.39 Å². The van der Waals surface area contributed by atoms with Gasteiger partial charge in [-0.25, -0.2) is 4.39 Å². The first-order chi connectivity index (χ1) is 10.1. The van der Waals surface area contributed by atoms with Crippen LogP contribution in [0, 0.1) is 5.82 Å². The van der Waals surface area contributed by atoms with Crippen LogP contribution in [-0.4, -0.2) is 13.2 Å². The molecule has 0 saturated heterocycles. The standard InChI is InChI=1S/C15H12BrClFNO2/c16-11-5-9(6-14-15(11)21-4-3-20-14)8-19-13-7-10(18)1-2-12(13)17/h1-2,5-7,19H,3-4,8H2. The summed E-state index contributed by atoms with van der Waals surface area (Å²) in [5.74, 6) is 1.09.